The van der Waals surface area contributed by atoms with Crippen LogP contribution >= 0.6 is 11.3 Å². The maximum Gasteiger partial charge on any atom is 0.293 e. The molecule has 2 amide bonds. The summed E-state index contributed by atoms with van der Waals surface area (Å²) in [5, 5.41) is 4.81. The van der Waals surface area contributed by atoms with E-state index in [4.69, 9.17) is 4.42 Å². The van der Waals surface area contributed by atoms with E-state index in [1.165, 1.54) is 36.6 Å². The summed E-state index contributed by atoms with van der Waals surface area (Å²) in [6, 6.07) is 7.09. The van der Waals surface area contributed by atoms with E-state index in [1.807, 2.05) is 0 Å². The SMILES string of the molecule is O=C(Nc1nc2ccc(NC(=O)c3c(F)c(F)c(F)c(F)c3F)cc2s1)c1ccco1. The highest BCUT2D eigenvalue weighted by atomic mass is 32.1. The Labute approximate surface area is 173 Å². The molecule has 0 bridgehead atoms. The Bertz CT molecular complexity index is 1310. The van der Waals surface area contributed by atoms with Crippen LogP contribution < -0.4 is 10.6 Å². The van der Waals surface area contributed by atoms with Gasteiger partial charge in [-0.15, -0.1) is 0 Å². The molecule has 2 heterocycles. The lowest BCUT2D eigenvalue weighted by Crippen LogP contribution is -2.19. The molecular weight excluding hydrogens is 445 g/mol. The number of amides is 2. The summed E-state index contributed by atoms with van der Waals surface area (Å²) < 4.78 is 72.9. The van der Waals surface area contributed by atoms with Crippen molar-refractivity contribution in [1.82, 2.24) is 4.98 Å². The third kappa shape index (κ3) is 3.72. The molecular formula is C19H8F5N3O3S. The second-order valence-electron chi connectivity index (χ2n) is 6.03. The van der Waals surface area contributed by atoms with E-state index in [0.717, 1.165) is 11.3 Å². The summed E-state index contributed by atoms with van der Waals surface area (Å²) in [5.41, 5.74) is -1.17. The minimum Gasteiger partial charge on any atom is -0.459 e. The van der Waals surface area contributed by atoms with Crippen LogP contribution in [0.25, 0.3) is 10.2 Å². The Kier molecular flexibility index (Phi) is 5.15. The predicted octanol–water partition coefficient (Wildman–Crippen LogP) is 5.09. The fourth-order valence-electron chi connectivity index (χ4n) is 2.62. The molecule has 2 N–H and O–H groups in total. The van der Waals surface area contributed by atoms with Crippen LogP contribution in [0.15, 0.2) is 41.0 Å². The van der Waals surface area contributed by atoms with E-state index >= 15 is 0 Å². The second kappa shape index (κ2) is 7.80. The number of carbonyl (C=O) groups excluding carboxylic acids is 2. The lowest BCUT2D eigenvalue weighted by Gasteiger charge is -2.09. The highest BCUT2D eigenvalue weighted by molar-refractivity contribution is 7.22. The van der Waals surface area contributed by atoms with Crippen LogP contribution in [0.1, 0.15) is 20.9 Å². The van der Waals surface area contributed by atoms with Crippen LogP contribution in [0.4, 0.5) is 32.8 Å². The van der Waals surface area contributed by atoms with Gasteiger partial charge in [-0.3, -0.25) is 14.9 Å². The van der Waals surface area contributed by atoms with Gasteiger partial charge in [-0.2, -0.15) is 0 Å². The van der Waals surface area contributed by atoms with E-state index in [0.29, 0.717) is 10.2 Å². The van der Waals surface area contributed by atoms with Crippen LogP contribution in [0.5, 0.6) is 0 Å². The van der Waals surface area contributed by atoms with Crippen LogP contribution in [0.2, 0.25) is 0 Å². The van der Waals surface area contributed by atoms with Gasteiger partial charge in [0.15, 0.2) is 34.2 Å². The average molecular weight is 453 g/mol. The van der Waals surface area contributed by atoms with Crippen molar-refractivity contribution in [2.45, 2.75) is 0 Å². The minimum atomic E-state index is -2.36. The molecule has 0 spiro atoms. The molecule has 158 valence electrons. The van der Waals surface area contributed by atoms with Gasteiger partial charge in [0.25, 0.3) is 11.8 Å². The maximum atomic E-state index is 13.8. The first-order valence-corrected chi connectivity index (χ1v) is 9.16. The monoisotopic (exact) mass is 453 g/mol. The first-order chi connectivity index (χ1) is 14.8. The van der Waals surface area contributed by atoms with Crippen LogP contribution in [-0.2, 0) is 0 Å². The smallest absolute Gasteiger partial charge is 0.293 e. The van der Waals surface area contributed by atoms with Gasteiger partial charge in [-0.05, 0) is 30.3 Å². The quantitative estimate of drug-likeness (QED) is 0.256. The van der Waals surface area contributed by atoms with Crippen molar-refractivity contribution in [3.63, 3.8) is 0 Å². The average Bonchev–Trinajstić information content (AvgIpc) is 3.40. The fourth-order valence-corrected chi connectivity index (χ4v) is 3.52. The van der Waals surface area contributed by atoms with Crippen LogP contribution in [-0.4, -0.2) is 16.8 Å². The summed E-state index contributed by atoms with van der Waals surface area (Å²) in [6.07, 6.45) is 1.33. The van der Waals surface area contributed by atoms with E-state index in [1.54, 1.807) is 0 Å². The van der Waals surface area contributed by atoms with E-state index in [2.05, 4.69) is 15.6 Å². The molecule has 4 aromatic rings. The van der Waals surface area contributed by atoms with Crippen LogP contribution in [0.3, 0.4) is 0 Å². The zero-order valence-electron chi connectivity index (χ0n) is 14.9. The van der Waals surface area contributed by atoms with Gasteiger partial charge in [-0.1, -0.05) is 11.3 Å². The standard InChI is InChI=1S/C19H8F5N3O3S/c20-12-11(13(21)15(23)16(24)14(12)22)18(29)25-7-3-4-8-10(6-7)31-19(26-8)27-17(28)9-2-1-5-30-9/h1-6H,(H,25,29)(H,26,27,28). The van der Waals surface area contributed by atoms with E-state index in [9.17, 15) is 31.5 Å². The number of halogens is 5. The number of rotatable bonds is 4. The number of nitrogens with zero attached hydrogens (tertiary/aromatic N) is 1. The number of hydrogen-bond acceptors (Lipinski definition) is 5. The topological polar surface area (TPSA) is 84.2 Å². The predicted molar refractivity (Wildman–Crippen MR) is 100 cm³/mol. The van der Waals surface area contributed by atoms with E-state index < -0.39 is 46.5 Å². The van der Waals surface area contributed by atoms with Crippen molar-refractivity contribution in [3.8, 4) is 0 Å². The molecule has 2 aromatic carbocycles. The number of anilines is 2. The Balaban J connectivity index is 1.58. The molecule has 0 unspecified atom stereocenters. The van der Waals surface area contributed by atoms with Crippen molar-refractivity contribution < 1.29 is 36.0 Å². The largest absolute Gasteiger partial charge is 0.459 e. The summed E-state index contributed by atoms with van der Waals surface area (Å²) in [7, 11) is 0. The van der Waals surface area contributed by atoms with Gasteiger partial charge in [0.05, 0.1) is 16.5 Å². The summed E-state index contributed by atoms with van der Waals surface area (Å²) in [4.78, 5) is 28.3. The summed E-state index contributed by atoms with van der Waals surface area (Å²) in [5.74, 6) is -13.3. The maximum absolute atomic E-state index is 13.8. The van der Waals surface area contributed by atoms with Crippen molar-refractivity contribution in [3.05, 3.63) is 77.0 Å². The highest BCUT2D eigenvalue weighted by Crippen LogP contribution is 2.30. The molecule has 0 saturated heterocycles. The Morgan fingerprint density at radius 3 is 2.19 bits per heavy atom. The van der Waals surface area contributed by atoms with Gasteiger partial charge < -0.3 is 9.73 Å². The molecule has 31 heavy (non-hydrogen) atoms. The molecule has 0 aliphatic carbocycles. The normalized spacial score (nSPS) is 11.0. The number of thiazole rings is 1. The second-order valence-corrected chi connectivity index (χ2v) is 7.06. The van der Waals surface area contributed by atoms with Gasteiger partial charge in [0.2, 0.25) is 5.82 Å². The first-order valence-electron chi connectivity index (χ1n) is 8.34. The Morgan fingerprint density at radius 2 is 1.55 bits per heavy atom. The molecule has 0 fully saturated rings. The molecule has 12 heteroatoms. The van der Waals surface area contributed by atoms with E-state index in [-0.39, 0.29) is 16.6 Å². The highest BCUT2D eigenvalue weighted by Gasteiger charge is 2.29. The molecule has 0 atom stereocenters. The first kappa shape index (κ1) is 20.5. The van der Waals surface area contributed by atoms with Gasteiger partial charge in [0.1, 0.15) is 5.56 Å². The molecule has 4 rings (SSSR count). The molecule has 6 nitrogen and oxygen atoms in total. The van der Waals surface area contributed by atoms with Crippen molar-refractivity contribution >= 4 is 44.2 Å². The third-order valence-electron chi connectivity index (χ3n) is 4.05. The zero-order chi connectivity index (χ0) is 22.3. The van der Waals surface area contributed by atoms with Gasteiger partial charge in [-0.25, -0.2) is 26.9 Å². The minimum absolute atomic E-state index is 0.00834. The number of nitrogens with one attached hydrogen (secondary N) is 2. The van der Waals surface area contributed by atoms with Crippen molar-refractivity contribution in [1.29, 1.82) is 0 Å². The van der Waals surface area contributed by atoms with Gasteiger partial charge >= 0.3 is 0 Å². The molecule has 0 aliphatic rings. The summed E-state index contributed by atoms with van der Waals surface area (Å²) >= 11 is 1.02. The molecule has 0 aliphatic heterocycles. The number of furan rings is 1. The molecule has 0 radical (unpaired) electrons. The molecule has 0 saturated carbocycles. The number of hydrogen-bond donors (Lipinski definition) is 2. The molecule has 2 aromatic heterocycles. The lowest BCUT2D eigenvalue weighted by molar-refractivity contribution is 0.0993. The van der Waals surface area contributed by atoms with Crippen LogP contribution in [0, 0.1) is 29.1 Å². The third-order valence-corrected chi connectivity index (χ3v) is 4.98. The Hall–Kier alpha value is -3.80. The number of carbonyl (C=O) groups is 2. The lowest BCUT2D eigenvalue weighted by atomic mass is 10.1. The van der Waals surface area contributed by atoms with Gasteiger partial charge in [0, 0.05) is 5.69 Å². The van der Waals surface area contributed by atoms with Crippen molar-refractivity contribution in [2.24, 2.45) is 0 Å². The number of fused-ring (bicyclic) bond motifs is 1. The fraction of sp³-hybridized carbons (Fsp3) is 0. The zero-order valence-corrected chi connectivity index (χ0v) is 15.8. The van der Waals surface area contributed by atoms with Crippen molar-refractivity contribution in [2.75, 3.05) is 10.6 Å². The number of benzene rings is 2. The summed E-state index contributed by atoms with van der Waals surface area (Å²) in [6.45, 7) is 0. The number of aromatic nitrogens is 1. The Morgan fingerprint density at radius 1 is 0.871 bits per heavy atom.